The SMILES string of the molecule is O=C(COc1ncnc2scc(-c3ccc(Cl)cc3)c12)NCCN1C(=O)CSC1=O. The van der Waals surface area contributed by atoms with Crippen molar-refractivity contribution in [3.63, 3.8) is 0 Å². The molecule has 1 saturated heterocycles. The molecule has 1 N–H and O–H groups in total. The first-order chi connectivity index (χ1) is 14.5. The number of hydrogen-bond acceptors (Lipinski definition) is 8. The molecule has 4 rings (SSSR count). The molecular formula is C19H15ClN4O4S2. The Morgan fingerprint density at radius 2 is 2.03 bits per heavy atom. The fraction of sp³-hybridized carbons (Fsp3) is 0.211. The van der Waals surface area contributed by atoms with E-state index in [-0.39, 0.29) is 42.5 Å². The van der Waals surface area contributed by atoms with Crippen LogP contribution in [0.4, 0.5) is 4.79 Å². The lowest BCUT2D eigenvalue weighted by Gasteiger charge is -2.13. The second-order valence-corrected chi connectivity index (χ2v) is 8.47. The van der Waals surface area contributed by atoms with Gasteiger partial charge in [-0.2, -0.15) is 0 Å². The number of carbonyl (C=O) groups is 3. The van der Waals surface area contributed by atoms with Crippen molar-refractivity contribution in [2.45, 2.75) is 0 Å². The maximum Gasteiger partial charge on any atom is 0.288 e. The normalized spacial score (nSPS) is 13.8. The van der Waals surface area contributed by atoms with Crippen LogP contribution in [0.2, 0.25) is 5.02 Å². The molecule has 8 nitrogen and oxygen atoms in total. The molecule has 0 aliphatic carbocycles. The number of carbonyl (C=O) groups excluding carboxylic acids is 3. The van der Waals surface area contributed by atoms with Gasteiger partial charge in [-0.15, -0.1) is 11.3 Å². The number of fused-ring (bicyclic) bond motifs is 1. The van der Waals surface area contributed by atoms with Gasteiger partial charge in [-0.3, -0.25) is 19.3 Å². The first-order valence-corrected chi connectivity index (χ1v) is 11.1. The van der Waals surface area contributed by atoms with Gasteiger partial charge in [0.25, 0.3) is 11.1 Å². The Morgan fingerprint density at radius 1 is 1.23 bits per heavy atom. The Morgan fingerprint density at radius 3 is 2.77 bits per heavy atom. The quantitative estimate of drug-likeness (QED) is 0.575. The highest BCUT2D eigenvalue weighted by Crippen LogP contribution is 2.37. The van der Waals surface area contributed by atoms with Crippen molar-refractivity contribution >= 4 is 62.0 Å². The number of benzene rings is 1. The zero-order valence-corrected chi connectivity index (χ0v) is 17.9. The van der Waals surface area contributed by atoms with E-state index >= 15 is 0 Å². The standard InChI is InChI=1S/C19H15ClN4O4S2/c20-12-3-1-11(2-4-12)13-8-29-18-16(13)17(22-10-23-18)28-7-14(25)21-5-6-24-15(26)9-30-19(24)27/h1-4,8,10H,5-7,9H2,(H,21,25). The van der Waals surface area contributed by atoms with E-state index in [1.165, 1.54) is 17.7 Å². The van der Waals surface area contributed by atoms with Crippen LogP contribution in [-0.2, 0) is 9.59 Å². The van der Waals surface area contributed by atoms with Crippen LogP contribution < -0.4 is 10.1 Å². The summed E-state index contributed by atoms with van der Waals surface area (Å²) in [6.45, 7) is 0.0476. The lowest BCUT2D eigenvalue weighted by Crippen LogP contribution is -2.39. The second-order valence-electron chi connectivity index (χ2n) is 6.25. The Kier molecular flexibility index (Phi) is 6.16. The van der Waals surface area contributed by atoms with E-state index in [9.17, 15) is 14.4 Å². The van der Waals surface area contributed by atoms with E-state index in [1.807, 2.05) is 17.5 Å². The number of rotatable bonds is 7. The van der Waals surface area contributed by atoms with Crippen molar-refractivity contribution in [2.24, 2.45) is 0 Å². The summed E-state index contributed by atoms with van der Waals surface area (Å²) in [4.78, 5) is 45.6. The van der Waals surface area contributed by atoms with Crippen LogP contribution in [0.25, 0.3) is 21.3 Å². The van der Waals surface area contributed by atoms with Gasteiger partial charge in [-0.25, -0.2) is 9.97 Å². The van der Waals surface area contributed by atoms with Crippen molar-refractivity contribution < 1.29 is 19.1 Å². The van der Waals surface area contributed by atoms with Crippen LogP contribution in [0.5, 0.6) is 5.88 Å². The number of thiophene rings is 1. The fourth-order valence-corrected chi connectivity index (χ4v) is 4.67. The number of imide groups is 1. The van der Waals surface area contributed by atoms with Crippen LogP contribution in [0.15, 0.2) is 36.0 Å². The van der Waals surface area contributed by atoms with Gasteiger partial charge in [0.15, 0.2) is 6.61 Å². The predicted octanol–water partition coefficient (Wildman–Crippen LogP) is 3.20. The Bertz CT molecular complexity index is 1100. The van der Waals surface area contributed by atoms with E-state index in [2.05, 4.69) is 15.3 Å². The third-order valence-electron chi connectivity index (χ3n) is 4.33. The average molecular weight is 463 g/mol. The van der Waals surface area contributed by atoms with Gasteiger partial charge in [0, 0.05) is 29.1 Å². The summed E-state index contributed by atoms with van der Waals surface area (Å²) < 4.78 is 5.66. The molecule has 0 bridgehead atoms. The molecule has 0 saturated carbocycles. The molecule has 0 radical (unpaired) electrons. The molecule has 30 heavy (non-hydrogen) atoms. The molecule has 3 heterocycles. The van der Waals surface area contributed by atoms with Crippen LogP contribution >= 0.6 is 34.7 Å². The van der Waals surface area contributed by atoms with Crippen molar-refractivity contribution in [1.29, 1.82) is 0 Å². The topological polar surface area (TPSA) is 101 Å². The van der Waals surface area contributed by atoms with Gasteiger partial charge in [-0.1, -0.05) is 35.5 Å². The van der Waals surface area contributed by atoms with Crippen molar-refractivity contribution in [2.75, 3.05) is 25.4 Å². The number of thioether (sulfide) groups is 1. The largest absolute Gasteiger partial charge is 0.467 e. The highest BCUT2D eigenvalue weighted by atomic mass is 35.5. The maximum atomic E-state index is 12.1. The average Bonchev–Trinajstić information content (AvgIpc) is 3.31. The van der Waals surface area contributed by atoms with Gasteiger partial charge >= 0.3 is 0 Å². The summed E-state index contributed by atoms with van der Waals surface area (Å²) in [6, 6.07) is 7.39. The molecule has 1 aliphatic rings. The third kappa shape index (κ3) is 4.40. The van der Waals surface area contributed by atoms with Crippen LogP contribution in [0, 0.1) is 0 Å². The molecule has 0 atom stereocenters. The Balaban J connectivity index is 1.41. The molecule has 0 spiro atoms. The lowest BCUT2D eigenvalue weighted by molar-refractivity contribution is -0.126. The van der Waals surface area contributed by atoms with E-state index in [0.29, 0.717) is 10.9 Å². The minimum atomic E-state index is -0.378. The van der Waals surface area contributed by atoms with Crippen LogP contribution in [-0.4, -0.2) is 57.4 Å². The molecule has 1 aliphatic heterocycles. The molecule has 3 amide bonds. The zero-order valence-electron chi connectivity index (χ0n) is 15.5. The van der Waals surface area contributed by atoms with E-state index in [0.717, 1.165) is 38.0 Å². The molecule has 11 heteroatoms. The summed E-state index contributed by atoms with van der Waals surface area (Å²) in [6.07, 6.45) is 1.39. The number of ether oxygens (including phenoxy) is 1. The molecule has 154 valence electrons. The molecule has 2 aromatic heterocycles. The van der Waals surface area contributed by atoms with Gasteiger partial charge in [-0.05, 0) is 17.7 Å². The Labute approximate surface area is 184 Å². The Hall–Kier alpha value is -2.69. The summed E-state index contributed by atoms with van der Waals surface area (Å²) in [5, 5.41) is 5.67. The van der Waals surface area contributed by atoms with E-state index in [1.54, 1.807) is 12.1 Å². The van der Waals surface area contributed by atoms with Gasteiger partial charge in [0.05, 0.1) is 11.1 Å². The van der Waals surface area contributed by atoms with Gasteiger partial charge in [0.2, 0.25) is 11.8 Å². The van der Waals surface area contributed by atoms with E-state index < -0.39 is 0 Å². The number of nitrogens with zero attached hydrogens (tertiary/aromatic N) is 3. The van der Waals surface area contributed by atoms with Crippen LogP contribution in [0.3, 0.4) is 0 Å². The van der Waals surface area contributed by atoms with E-state index in [4.69, 9.17) is 16.3 Å². The summed E-state index contributed by atoms with van der Waals surface area (Å²) in [5.41, 5.74) is 1.83. The van der Waals surface area contributed by atoms with Gasteiger partial charge < -0.3 is 10.1 Å². The first-order valence-electron chi connectivity index (χ1n) is 8.87. The van der Waals surface area contributed by atoms with Gasteiger partial charge in [0.1, 0.15) is 11.2 Å². The maximum absolute atomic E-state index is 12.1. The van der Waals surface area contributed by atoms with Crippen molar-refractivity contribution in [3.05, 3.63) is 41.0 Å². The zero-order chi connectivity index (χ0) is 21.1. The summed E-state index contributed by atoms with van der Waals surface area (Å²) >= 11 is 8.39. The highest BCUT2D eigenvalue weighted by Gasteiger charge is 2.29. The molecule has 1 fully saturated rings. The summed E-state index contributed by atoms with van der Waals surface area (Å²) in [7, 11) is 0. The summed E-state index contributed by atoms with van der Waals surface area (Å²) in [5.74, 6) is -0.165. The number of amides is 3. The third-order valence-corrected chi connectivity index (χ3v) is 6.33. The number of aromatic nitrogens is 2. The molecule has 0 unspecified atom stereocenters. The monoisotopic (exact) mass is 462 g/mol. The first kappa shape index (κ1) is 20.6. The highest BCUT2D eigenvalue weighted by molar-refractivity contribution is 8.14. The number of hydrogen-bond donors (Lipinski definition) is 1. The second kappa shape index (κ2) is 8.99. The number of halogens is 1. The molecule has 1 aromatic carbocycles. The number of nitrogens with one attached hydrogen (secondary N) is 1. The minimum Gasteiger partial charge on any atom is -0.467 e. The smallest absolute Gasteiger partial charge is 0.288 e. The molecule has 3 aromatic rings. The molecular weight excluding hydrogens is 448 g/mol. The fourth-order valence-electron chi connectivity index (χ4n) is 2.89. The van der Waals surface area contributed by atoms with Crippen LogP contribution in [0.1, 0.15) is 0 Å². The lowest BCUT2D eigenvalue weighted by atomic mass is 10.1. The van der Waals surface area contributed by atoms with Crippen molar-refractivity contribution in [1.82, 2.24) is 20.2 Å². The predicted molar refractivity (Wildman–Crippen MR) is 116 cm³/mol. The van der Waals surface area contributed by atoms with Crippen molar-refractivity contribution in [3.8, 4) is 17.0 Å². The minimum absolute atomic E-state index is 0.138.